The van der Waals surface area contributed by atoms with E-state index in [9.17, 15) is 0 Å². The Morgan fingerprint density at radius 1 is 0.952 bits per heavy atom. The molecule has 4 heteroatoms. The molecule has 0 atom stereocenters. The molecule has 0 aliphatic rings. The molecule has 0 amide bonds. The Kier molecular flexibility index (Phi) is 6.19. The van der Waals surface area contributed by atoms with Crippen LogP contribution < -0.4 is 0 Å². The van der Waals surface area contributed by atoms with E-state index in [0.29, 0.717) is 0 Å². The highest BCUT2D eigenvalue weighted by Gasteiger charge is 2.31. The van der Waals surface area contributed by atoms with Crippen molar-refractivity contribution in [1.29, 1.82) is 0 Å². The molecule has 0 aliphatic heterocycles. The van der Waals surface area contributed by atoms with Gasteiger partial charge in [0.2, 0.25) is 0 Å². The van der Waals surface area contributed by atoms with Gasteiger partial charge < -0.3 is 0 Å². The first-order chi connectivity index (χ1) is 10.0. The summed E-state index contributed by atoms with van der Waals surface area (Å²) in [6.07, 6.45) is 0.825. The fourth-order valence-electron chi connectivity index (χ4n) is 2.34. The van der Waals surface area contributed by atoms with Crippen molar-refractivity contribution in [2.75, 3.05) is 10.7 Å². The van der Waals surface area contributed by atoms with Crippen LogP contribution in [0, 0.1) is 6.92 Å². The normalized spacial score (nSPS) is 11.7. The monoisotopic (exact) mass is 448 g/mol. The average molecular weight is 451 g/mol. The maximum Gasteiger partial charge on any atom is 0.0439 e. The first kappa shape index (κ1) is 17.3. The van der Waals surface area contributed by atoms with Crippen molar-refractivity contribution in [3.05, 3.63) is 69.2 Å². The van der Waals surface area contributed by atoms with E-state index in [4.69, 9.17) is 23.2 Å². The highest BCUT2D eigenvalue weighted by Crippen LogP contribution is 2.35. The molecule has 0 aliphatic carbocycles. The number of hydrogen-bond donors (Lipinski definition) is 0. The summed E-state index contributed by atoms with van der Waals surface area (Å²) in [6, 6.07) is 14.3. The molecule has 0 unspecified atom stereocenters. The van der Waals surface area contributed by atoms with E-state index in [1.54, 1.807) is 0 Å². The molecule has 0 N–H and O–H groups in total. The van der Waals surface area contributed by atoms with Crippen molar-refractivity contribution in [2.45, 2.75) is 18.8 Å². The fourth-order valence-corrected chi connectivity index (χ4v) is 4.69. The Morgan fingerprint density at radius 2 is 1.57 bits per heavy atom. The molecule has 0 bridgehead atoms. The van der Waals surface area contributed by atoms with Crippen molar-refractivity contribution < 1.29 is 0 Å². The van der Waals surface area contributed by atoms with Gasteiger partial charge in [0, 0.05) is 26.1 Å². The molecule has 0 heterocycles. The lowest BCUT2D eigenvalue weighted by Gasteiger charge is -2.31. The van der Waals surface area contributed by atoms with Crippen LogP contribution in [-0.4, -0.2) is 10.7 Å². The van der Waals surface area contributed by atoms with Crippen LogP contribution >= 0.6 is 55.1 Å². The molecule has 0 fully saturated rings. The van der Waals surface area contributed by atoms with Crippen molar-refractivity contribution in [3.8, 4) is 0 Å². The second kappa shape index (κ2) is 7.50. The minimum Gasteiger partial charge on any atom is -0.0918 e. The van der Waals surface area contributed by atoms with Crippen molar-refractivity contribution in [1.82, 2.24) is 0 Å². The summed E-state index contributed by atoms with van der Waals surface area (Å²) in [4.78, 5) is 0. The van der Waals surface area contributed by atoms with Gasteiger partial charge in [0.1, 0.15) is 0 Å². The van der Waals surface area contributed by atoms with Gasteiger partial charge in [-0.05, 0) is 42.7 Å². The van der Waals surface area contributed by atoms with E-state index in [2.05, 4.69) is 63.0 Å². The van der Waals surface area contributed by atoms with Gasteiger partial charge >= 0.3 is 0 Å². The third-order valence-electron chi connectivity index (χ3n) is 3.71. The van der Waals surface area contributed by atoms with Crippen LogP contribution in [0.4, 0.5) is 0 Å². The van der Waals surface area contributed by atoms with Crippen molar-refractivity contribution >= 4 is 55.1 Å². The van der Waals surface area contributed by atoms with E-state index in [1.165, 1.54) is 11.1 Å². The lowest BCUT2D eigenvalue weighted by molar-refractivity contribution is 0.551. The molecule has 112 valence electrons. The van der Waals surface area contributed by atoms with Gasteiger partial charge in [-0.15, -0.1) is 0 Å². The van der Waals surface area contributed by atoms with E-state index >= 15 is 0 Å². The summed E-state index contributed by atoms with van der Waals surface area (Å²) in [5.41, 5.74) is 3.57. The summed E-state index contributed by atoms with van der Waals surface area (Å²) in [5, 5.41) is 3.17. The largest absolute Gasteiger partial charge is 0.0918 e. The number of hydrogen-bond acceptors (Lipinski definition) is 0. The Bertz CT molecular complexity index is 605. The molecule has 0 nitrogen and oxygen atoms in total. The molecule has 2 aromatic carbocycles. The highest BCUT2D eigenvalue weighted by molar-refractivity contribution is 9.09. The van der Waals surface area contributed by atoms with Gasteiger partial charge in [-0.2, -0.15) is 0 Å². The number of halogens is 4. The lowest BCUT2D eigenvalue weighted by atomic mass is 9.79. The Labute approximate surface area is 153 Å². The van der Waals surface area contributed by atoms with Gasteiger partial charge in [0.25, 0.3) is 0 Å². The molecule has 2 rings (SSSR count). The second-order valence-corrected chi connectivity index (χ2v) is 7.29. The second-order valence-electron chi connectivity index (χ2n) is 5.33. The Balaban J connectivity index is 2.42. The maximum absolute atomic E-state index is 6.34. The SMILES string of the molecule is Cc1ccc(C(CBr)(CBr)Cc2cc(Cl)ccc2Cl)cc1. The lowest BCUT2D eigenvalue weighted by Crippen LogP contribution is -2.33. The summed E-state index contributed by atoms with van der Waals surface area (Å²) in [6.45, 7) is 2.10. The number of rotatable bonds is 5. The Hall–Kier alpha value is -0.0200. The van der Waals surface area contributed by atoms with Gasteiger partial charge in [0.05, 0.1) is 0 Å². The average Bonchev–Trinajstić information content (AvgIpc) is 2.49. The highest BCUT2D eigenvalue weighted by atomic mass is 79.9. The van der Waals surface area contributed by atoms with E-state index in [-0.39, 0.29) is 5.41 Å². The van der Waals surface area contributed by atoms with E-state index < -0.39 is 0 Å². The van der Waals surface area contributed by atoms with Crippen LogP contribution in [0.2, 0.25) is 10.0 Å². The van der Waals surface area contributed by atoms with Crippen LogP contribution in [0.3, 0.4) is 0 Å². The molecule has 21 heavy (non-hydrogen) atoms. The van der Waals surface area contributed by atoms with E-state index in [0.717, 1.165) is 32.7 Å². The zero-order valence-corrected chi connectivity index (χ0v) is 16.4. The fraction of sp³-hybridized carbons (Fsp3) is 0.294. The summed E-state index contributed by atoms with van der Waals surface area (Å²) >= 11 is 19.8. The maximum atomic E-state index is 6.34. The minimum atomic E-state index is -0.0535. The first-order valence-corrected chi connectivity index (χ1v) is 9.63. The zero-order valence-electron chi connectivity index (χ0n) is 11.7. The summed E-state index contributed by atoms with van der Waals surface area (Å²) < 4.78 is 0. The first-order valence-electron chi connectivity index (χ1n) is 6.64. The third kappa shape index (κ3) is 4.04. The van der Waals surface area contributed by atoms with Crippen molar-refractivity contribution in [2.24, 2.45) is 0 Å². The Morgan fingerprint density at radius 3 is 2.14 bits per heavy atom. The smallest absolute Gasteiger partial charge is 0.0439 e. The molecule has 2 aromatic rings. The summed E-state index contributed by atoms with van der Waals surface area (Å²) in [5.74, 6) is 0. The topological polar surface area (TPSA) is 0 Å². The van der Waals surface area contributed by atoms with Gasteiger partial charge in [-0.25, -0.2) is 0 Å². The standard InChI is InChI=1S/C17H16Br2Cl2/c1-12-2-4-14(5-3-12)17(10-18,11-19)9-13-8-15(20)6-7-16(13)21/h2-8H,9-11H2,1H3. The minimum absolute atomic E-state index is 0.0535. The molecule has 0 radical (unpaired) electrons. The molecule has 0 spiro atoms. The van der Waals surface area contributed by atoms with Crippen LogP contribution in [0.5, 0.6) is 0 Å². The van der Waals surface area contributed by atoms with Crippen molar-refractivity contribution in [3.63, 3.8) is 0 Å². The van der Waals surface area contributed by atoms with Gasteiger partial charge in [-0.3, -0.25) is 0 Å². The van der Waals surface area contributed by atoms with Crippen LogP contribution in [0.25, 0.3) is 0 Å². The number of aryl methyl sites for hydroxylation is 1. The van der Waals surface area contributed by atoms with E-state index in [1.807, 2.05) is 18.2 Å². The third-order valence-corrected chi connectivity index (χ3v) is 6.46. The predicted octanol–water partition coefficient (Wildman–Crippen LogP) is 6.57. The van der Waals surface area contributed by atoms with Gasteiger partial charge in [0.15, 0.2) is 0 Å². The predicted molar refractivity (Wildman–Crippen MR) is 101 cm³/mol. The van der Waals surface area contributed by atoms with Crippen LogP contribution in [0.1, 0.15) is 16.7 Å². The molecule has 0 saturated heterocycles. The molecular weight excluding hydrogens is 435 g/mol. The molecule has 0 aromatic heterocycles. The summed E-state index contributed by atoms with van der Waals surface area (Å²) in [7, 11) is 0. The van der Waals surface area contributed by atoms with Gasteiger partial charge in [-0.1, -0.05) is 84.9 Å². The number of alkyl halides is 2. The number of benzene rings is 2. The van der Waals surface area contributed by atoms with Crippen LogP contribution in [0.15, 0.2) is 42.5 Å². The van der Waals surface area contributed by atoms with Crippen LogP contribution in [-0.2, 0) is 11.8 Å². The quantitative estimate of drug-likeness (QED) is 0.452. The zero-order chi connectivity index (χ0) is 15.5. The molecular formula is C17H16Br2Cl2. The molecule has 0 saturated carbocycles.